The summed E-state index contributed by atoms with van der Waals surface area (Å²) in [5, 5.41) is -0.215. The number of halogens is 2. The van der Waals surface area contributed by atoms with Crippen LogP contribution in [0.3, 0.4) is 0 Å². The Morgan fingerprint density at radius 2 is 2.38 bits per heavy atom. The SMILES string of the molecule is Cc1cc(F)sc1Cl. The van der Waals surface area contributed by atoms with Crippen LogP contribution in [0.15, 0.2) is 6.07 Å². The monoisotopic (exact) mass is 150 g/mol. The third kappa shape index (κ3) is 1.01. The van der Waals surface area contributed by atoms with E-state index in [2.05, 4.69) is 0 Å². The minimum absolute atomic E-state index is 0.215. The number of hydrogen-bond donors (Lipinski definition) is 0. The van der Waals surface area contributed by atoms with Crippen LogP contribution in [0, 0.1) is 12.1 Å². The number of thiophene rings is 1. The Morgan fingerprint density at radius 1 is 1.75 bits per heavy atom. The van der Waals surface area contributed by atoms with Crippen LogP contribution in [0.1, 0.15) is 5.56 Å². The van der Waals surface area contributed by atoms with Crippen molar-refractivity contribution in [3.63, 3.8) is 0 Å². The molecule has 44 valence electrons. The van der Waals surface area contributed by atoms with Crippen molar-refractivity contribution in [1.29, 1.82) is 0 Å². The Kier molecular flexibility index (Phi) is 1.54. The van der Waals surface area contributed by atoms with Crippen molar-refractivity contribution in [2.24, 2.45) is 0 Å². The molecule has 0 aliphatic rings. The zero-order valence-corrected chi connectivity index (χ0v) is 5.81. The van der Waals surface area contributed by atoms with Crippen molar-refractivity contribution in [2.45, 2.75) is 6.92 Å². The molecule has 0 spiro atoms. The quantitative estimate of drug-likeness (QED) is 0.534. The van der Waals surface area contributed by atoms with Crippen molar-refractivity contribution >= 4 is 22.9 Å². The van der Waals surface area contributed by atoms with Crippen molar-refractivity contribution in [3.8, 4) is 0 Å². The highest BCUT2D eigenvalue weighted by Gasteiger charge is 1.99. The first kappa shape index (κ1) is 6.05. The average Bonchev–Trinajstić information content (AvgIpc) is 1.85. The highest BCUT2D eigenvalue weighted by molar-refractivity contribution is 7.14. The van der Waals surface area contributed by atoms with Gasteiger partial charge < -0.3 is 0 Å². The topological polar surface area (TPSA) is 0 Å². The van der Waals surface area contributed by atoms with Crippen molar-refractivity contribution in [3.05, 3.63) is 21.1 Å². The van der Waals surface area contributed by atoms with Gasteiger partial charge in [0.2, 0.25) is 0 Å². The lowest BCUT2D eigenvalue weighted by Gasteiger charge is -1.76. The highest BCUT2D eigenvalue weighted by atomic mass is 35.5. The first-order valence-corrected chi connectivity index (χ1v) is 3.31. The molecule has 0 amide bonds. The lowest BCUT2D eigenvalue weighted by Crippen LogP contribution is -1.56. The van der Waals surface area contributed by atoms with Gasteiger partial charge in [-0.2, -0.15) is 4.39 Å². The smallest absolute Gasteiger partial charge is 0.178 e. The summed E-state index contributed by atoms with van der Waals surface area (Å²) in [5.74, 6) is 0. The maximum Gasteiger partial charge on any atom is 0.178 e. The first-order valence-electron chi connectivity index (χ1n) is 2.11. The van der Waals surface area contributed by atoms with E-state index in [9.17, 15) is 4.39 Å². The molecule has 0 aliphatic heterocycles. The normalized spacial score (nSPS) is 9.88. The third-order valence-electron chi connectivity index (χ3n) is 0.827. The fourth-order valence-electron chi connectivity index (χ4n) is 0.423. The van der Waals surface area contributed by atoms with Crippen molar-refractivity contribution in [1.82, 2.24) is 0 Å². The van der Waals surface area contributed by atoms with E-state index in [0.29, 0.717) is 4.34 Å². The lowest BCUT2D eigenvalue weighted by molar-refractivity contribution is 0.656. The molecule has 0 unspecified atom stereocenters. The average molecular weight is 151 g/mol. The van der Waals surface area contributed by atoms with E-state index < -0.39 is 0 Å². The van der Waals surface area contributed by atoms with Gasteiger partial charge in [0.25, 0.3) is 0 Å². The summed E-state index contributed by atoms with van der Waals surface area (Å²) in [6.07, 6.45) is 0. The zero-order chi connectivity index (χ0) is 6.15. The van der Waals surface area contributed by atoms with Crippen LogP contribution >= 0.6 is 22.9 Å². The molecule has 0 aromatic carbocycles. The minimum Gasteiger partial charge on any atom is -0.195 e. The lowest BCUT2D eigenvalue weighted by atomic mass is 10.4. The van der Waals surface area contributed by atoms with E-state index in [1.807, 2.05) is 0 Å². The second-order valence-corrected chi connectivity index (χ2v) is 3.11. The Labute approximate surface area is 55.9 Å². The maximum absolute atomic E-state index is 12.1. The van der Waals surface area contributed by atoms with E-state index >= 15 is 0 Å². The molecular weight excluding hydrogens is 147 g/mol. The van der Waals surface area contributed by atoms with Crippen molar-refractivity contribution in [2.75, 3.05) is 0 Å². The van der Waals surface area contributed by atoms with Gasteiger partial charge in [-0.05, 0) is 18.6 Å². The summed E-state index contributed by atoms with van der Waals surface area (Å²) in [6, 6.07) is 1.42. The molecule has 0 nitrogen and oxygen atoms in total. The zero-order valence-electron chi connectivity index (χ0n) is 4.24. The molecule has 1 heterocycles. The fourth-order valence-corrected chi connectivity index (χ4v) is 1.33. The van der Waals surface area contributed by atoms with Gasteiger partial charge in [0.1, 0.15) is 0 Å². The molecule has 0 atom stereocenters. The Bertz CT molecular complexity index is 175. The number of hydrogen-bond acceptors (Lipinski definition) is 1. The Morgan fingerprint density at radius 3 is 2.50 bits per heavy atom. The predicted octanol–water partition coefficient (Wildman–Crippen LogP) is 2.85. The molecule has 8 heavy (non-hydrogen) atoms. The standard InChI is InChI=1S/C5H4ClFS/c1-3-2-4(7)8-5(3)6/h2H,1H3. The van der Waals surface area contributed by atoms with Gasteiger partial charge in [-0.15, -0.1) is 0 Å². The largest absolute Gasteiger partial charge is 0.195 e. The van der Waals surface area contributed by atoms with Gasteiger partial charge in [-0.25, -0.2) is 0 Å². The summed E-state index contributed by atoms with van der Waals surface area (Å²) in [7, 11) is 0. The van der Waals surface area contributed by atoms with E-state index in [1.165, 1.54) is 6.07 Å². The van der Waals surface area contributed by atoms with Crippen molar-refractivity contribution < 1.29 is 4.39 Å². The first-order chi connectivity index (χ1) is 3.70. The Hall–Kier alpha value is -0.0800. The summed E-state index contributed by atoms with van der Waals surface area (Å²) in [5.41, 5.74) is 0.814. The number of aryl methyl sites for hydroxylation is 1. The molecule has 1 rings (SSSR count). The van der Waals surface area contributed by atoms with E-state index in [0.717, 1.165) is 16.9 Å². The predicted molar refractivity (Wildman–Crippen MR) is 34.0 cm³/mol. The Balaban J connectivity index is 3.14. The van der Waals surface area contributed by atoms with Gasteiger partial charge in [0, 0.05) is 0 Å². The molecule has 0 radical (unpaired) electrons. The fraction of sp³-hybridized carbons (Fsp3) is 0.200. The number of rotatable bonds is 0. The molecular formula is C5H4ClFS. The second kappa shape index (κ2) is 2.03. The third-order valence-corrected chi connectivity index (χ3v) is 2.17. The van der Waals surface area contributed by atoms with Crippen LogP contribution in [0.4, 0.5) is 4.39 Å². The van der Waals surface area contributed by atoms with Crippen LogP contribution in [0.25, 0.3) is 0 Å². The van der Waals surface area contributed by atoms with Gasteiger partial charge in [0.05, 0.1) is 4.34 Å². The van der Waals surface area contributed by atoms with Gasteiger partial charge in [-0.3, -0.25) is 0 Å². The van der Waals surface area contributed by atoms with E-state index in [4.69, 9.17) is 11.6 Å². The van der Waals surface area contributed by atoms with Crippen LogP contribution in [-0.2, 0) is 0 Å². The molecule has 0 saturated heterocycles. The maximum atomic E-state index is 12.1. The highest BCUT2D eigenvalue weighted by Crippen LogP contribution is 2.24. The van der Waals surface area contributed by atoms with Crippen LogP contribution < -0.4 is 0 Å². The van der Waals surface area contributed by atoms with Gasteiger partial charge >= 0.3 is 0 Å². The summed E-state index contributed by atoms with van der Waals surface area (Å²) < 4.78 is 12.7. The van der Waals surface area contributed by atoms with Crippen LogP contribution in [-0.4, -0.2) is 0 Å². The molecule has 0 saturated carbocycles. The van der Waals surface area contributed by atoms with Crippen LogP contribution in [0.5, 0.6) is 0 Å². The van der Waals surface area contributed by atoms with Gasteiger partial charge in [0.15, 0.2) is 5.13 Å². The molecule has 0 bridgehead atoms. The molecule has 0 N–H and O–H groups in total. The van der Waals surface area contributed by atoms with E-state index in [1.54, 1.807) is 6.92 Å². The van der Waals surface area contributed by atoms with Gasteiger partial charge in [-0.1, -0.05) is 22.9 Å². The van der Waals surface area contributed by atoms with Crippen LogP contribution in [0.2, 0.25) is 4.34 Å². The molecule has 1 aromatic rings. The van der Waals surface area contributed by atoms with E-state index in [-0.39, 0.29) is 5.13 Å². The molecule has 3 heteroatoms. The molecule has 0 aliphatic carbocycles. The minimum atomic E-state index is -0.215. The molecule has 1 aromatic heterocycles. The molecule has 0 fully saturated rings. The summed E-state index contributed by atoms with van der Waals surface area (Å²) >= 11 is 6.48. The summed E-state index contributed by atoms with van der Waals surface area (Å²) in [4.78, 5) is 0. The second-order valence-electron chi connectivity index (χ2n) is 1.51. The summed E-state index contributed by atoms with van der Waals surface area (Å²) in [6.45, 7) is 1.78.